The summed E-state index contributed by atoms with van der Waals surface area (Å²) in [7, 11) is 0. The number of hydrogen-bond acceptors (Lipinski definition) is 2. The first-order valence-corrected chi connectivity index (χ1v) is 6.82. The van der Waals surface area contributed by atoms with Crippen LogP contribution < -0.4 is 16.2 Å². The maximum Gasteiger partial charge on any atom is 0.416 e. The second-order valence-electron chi connectivity index (χ2n) is 4.65. The van der Waals surface area contributed by atoms with Gasteiger partial charge in [0.2, 0.25) is 0 Å². The van der Waals surface area contributed by atoms with Gasteiger partial charge in [0.05, 0.1) is 11.3 Å². The predicted octanol–water partition coefficient (Wildman–Crippen LogP) is 4.33. The molecule has 0 aromatic heterocycles. The van der Waals surface area contributed by atoms with Crippen LogP contribution in [0.3, 0.4) is 0 Å². The summed E-state index contributed by atoms with van der Waals surface area (Å²) in [5, 5.41) is 3.17. The first kappa shape index (κ1) is 16.1. The van der Waals surface area contributed by atoms with Gasteiger partial charge in [0.1, 0.15) is 0 Å². The molecule has 0 aliphatic carbocycles. The SMILES string of the molecule is Cc1ccc(NC(=S)NNc2cccc(C(F)(F)F)c2)cc1. The Hall–Kier alpha value is -2.28. The van der Waals surface area contributed by atoms with Crippen LogP contribution in [0.25, 0.3) is 0 Å². The fourth-order valence-corrected chi connectivity index (χ4v) is 1.87. The van der Waals surface area contributed by atoms with Gasteiger partial charge in [-0.1, -0.05) is 23.8 Å². The van der Waals surface area contributed by atoms with Crippen molar-refractivity contribution in [2.75, 3.05) is 10.7 Å². The zero-order valence-electron chi connectivity index (χ0n) is 11.7. The summed E-state index contributed by atoms with van der Waals surface area (Å²) in [6.07, 6.45) is -4.38. The molecule has 0 heterocycles. The van der Waals surface area contributed by atoms with E-state index in [4.69, 9.17) is 12.2 Å². The molecule has 2 aromatic carbocycles. The molecule has 0 atom stereocenters. The Kier molecular flexibility index (Phi) is 4.87. The normalized spacial score (nSPS) is 10.9. The van der Waals surface area contributed by atoms with Gasteiger partial charge in [-0.25, -0.2) is 0 Å². The largest absolute Gasteiger partial charge is 0.416 e. The van der Waals surface area contributed by atoms with Crippen LogP contribution in [0.1, 0.15) is 11.1 Å². The van der Waals surface area contributed by atoms with E-state index in [2.05, 4.69) is 16.2 Å². The van der Waals surface area contributed by atoms with Gasteiger partial charge < -0.3 is 5.32 Å². The number of halogens is 3. The summed E-state index contributed by atoms with van der Waals surface area (Å²) in [6.45, 7) is 1.97. The van der Waals surface area contributed by atoms with Crippen molar-refractivity contribution >= 4 is 28.7 Å². The maximum atomic E-state index is 12.6. The topological polar surface area (TPSA) is 36.1 Å². The Morgan fingerprint density at radius 1 is 1.00 bits per heavy atom. The lowest BCUT2D eigenvalue weighted by molar-refractivity contribution is -0.137. The average molecular weight is 325 g/mol. The molecule has 3 N–H and O–H groups in total. The van der Waals surface area contributed by atoms with E-state index >= 15 is 0 Å². The molecule has 7 heteroatoms. The predicted molar refractivity (Wildman–Crippen MR) is 85.6 cm³/mol. The third kappa shape index (κ3) is 4.63. The van der Waals surface area contributed by atoms with Gasteiger partial charge in [-0.05, 0) is 49.5 Å². The van der Waals surface area contributed by atoms with Gasteiger partial charge in [-0.3, -0.25) is 10.9 Å². The Morgan fingerprint density at radius 3 is 2.32 bits per heavy atom. The summed E-state index contributed by atoms with van der Waals surface area (Å²) in [6, 6.07) is 12.4. The van der Waals surface area contributed by atoms with Crippen molar-refractivity contribution in [3.8, 4) is 0 Å². The molecule has 3 nitrogen and oxygen atoms in total. The molecule has 0 amide bonds. The minimum Gasteiger partial charge on any atom is -0.331 e. The van der Waals surface area contributed by atoms with Crippen LogP contribution in [-0.2, 0) is 6.18 Å². The second-order valence-corrected chi connectivity index (χ2v) is 5.06. The van der Waals surface area contributed by atoms with E-state index in [-0.39, 0.29) is 10.8 Å². The Labute approximate surface area is 131 Å². The molecule has 0 fully saturated rings. The van der Waals surface area contributed by atoms with Crippen molar-refractivity contribution in [2.45, 2.75) is 13.1 Å². The number of rotatable bonds is 3. The molecular formula is C15H14F3N3S. The van der Waals surface area contributed by atoms with Gasteiger partial charge in [-0.15, -0.1) is 0 Å². The quantitative estimate of drug-likeness (QED) is 0.580. The number of aryl methyl sites for hydroxylation is 1. The highest BCUT2D eigenvalue weighted by Crippen LogP contribution is 2.30. The van der Waals surface area contributed by atoms with Gasteiger partial charge in [0.15, 0.2) is 5.11 Å². The fourth-order valence-electron chi connectivity index (χ4n) is 1.70. The molecule has 0 saturated carbocycles. The van der Waals surface area contributed by atoms with Crippen LogP contribution in [0.2, 0.25) is 0 Å². The lowest BCUT2D eigenvalue weighted by Crippen LogP contribution is -2.33. The molecular weight excluding hydrogens is 311 g/mol. The number of thiocarbonyl (C=S) groups is 1. The third-order valence-electron chi connectivity index (χ3n) is 2.82. The van der Waals surface area contributed by atoms with Crippen molar-refractivity contribution in [1.29, 1.82) is 0 Å². The van der Waals surface area contributed by atoms with Gasteiger partial charge in [0, 0.05) is 5.69 Å². The fraction of sp³-hybridized carbons (Fsp3) is 0.133. The van der Waals surface area contributed by atoms with Gasteiger partial charge in [0.25, 0.3) is 0 Å². The third-order valence-corrected chi connectivity index (χ3v) is 3.02. The molecule has 0 aliphatic rings. The minimum atomic E-state index is -4.38. The molecule has 0 aliphatic heterocycles. The lowest BCUT2D eigenvalue weighted by atomic mass is 10.2. The zero-order valence-corrected chi connectivity index (χ0v) is 12.5. The van der Waals surface area contributed by atoms with Crippen molar-refractivity contribution in [1.82, 2.24) is 5.43 Å². The van der Waals surface area contributed by atoms with E-state index in [1.54, 1.807) is 0 Å². The van der Waals surface area contributed by atoms with E-state index < -0.39 is 11.7 Å². The Morgan fingerprint density at radius 2 is 1.68 bits per heavy atom. The van der Waals surface area contributed by atoms with E-state index in [1.807, 2.05) is 31.2 Å². The van der Waals surface area contributed by atoms with E-state index in [0.29, 0.717) is 0 Å². The number of hydrogen-bond donors (Lipinski definition) is 3. The van der Waals surface area contributed by atoms with Crippen LogP contribution in [0.15, 0.2) is 48.5 Å². The second kappa shape index (κ2) is 6.65. The standard InChI is InChI=1S/C15H14F3N3S/c1-10-5-7-12(8-6-10)19-14(22)21-20-13-4-2-3-11(9-13)15(16,17)18/h2-9,20H,1H3,(H2,19,21,22). The zero-order chi connectivity index (χ0) is 16.2. The van der Waals surface area contributed by atoms with E-state index in [0.717, 1.165) is 23.4 Å². The van der Waals surface area contributed by atoms with Crippen molar-refractivity contribution < 1.29 is 13.2 Å². The van der Waals surface area contributed by atoms with Crippen LogP contribution in [-0.4, -0.2) is 5.11 Å². The summed E-state index contributed by atoms with van der Waals surface area (Å²) < 4.78 is 37.8. The molecule has 22 heavy (non-hydrogen) atoms. The van der Waals surface area contributed by atoms with E-state index in [1.165, 1.54) is 12.1 Å². The molecule has 0 radical (unpaired) electrons. The monoisotopic (exact) mass is 325 g/mol. The Balaban J connectivity index is 1.92. The number of hydrazine groups is 1. The first-order valence-electron chi connectivity index (χ1n) is 6.41. The average Bonchev–Trinajstić information content (AvgIpc) is 2.47. The highest BCUT2D eigenvalue weighted by Gasteiger charge is 2.30. The van der Waals surface area contributed by atoms with Gasteiger partial charge in [-0.2, -0.15) is 13.2 Å². The molecule has 0 saturated heterocycles. The molecule has 2 rings (SSSR count). The van der Waals surface area contributed by atoms with Crippen LogP contribution in [0, 0.1) is 6.92 Å². The molecule has 116 valence electrons. The number of alkyl halides is 3. The van der Waals surface area contributed by atoms with Crippen LogP contribution >= 0.6 is 12.2 Å². The molecule has 0 spiro atoms. The highest BCUT2D eigenvalue weighted by molar-refractivity contribution is 7.80. The number of nitrogens with one attached hydrogen (secondary N) is 3. The number of benzene rings is 2. The minimum absolute atomic E-state index is 0.251. The summed E-state index contributed by atoms with van der Waals surface area (Å²) in [5.41, 5.74) is 6.72. The van der Waals surface area contributed by atoms with Crippen molar-refractivity contribution in [3.05, 3.63) is 59.7 Å². The molecule has 0 bridgehead atoms. The van der Waals surface area contributed by atoms with E-state index in [9.17, 15) is 13.2 Å². The van der Waals surface area contributed by atoms with Crippen molar-refractivity contribution in [2.24, 2.45) is 0 Å². The van der Waals surface area contributed by atoms with Crippen LogP contribution in [0.5, 0.6) is 0 Å². The lowest BCUT2D eigenvalue weighted by Gasteiger charge is -2.14. The number of anilines is 2. The molecule has 0 unspecified atom stereocenters. The highest BCUT2D eigenvalue weighted by atomic mass is 32.1. The van der Waals surface area contributed by atoms with Crippen molar-refractivity contribution in [3.63, 3.8) is 0 Å². The van der Waals surface area contributed by atoms with Gasteiger partial charge >= 0.3 is 6.18 Å². The Bertz CT molecular complexity index is 654. The van der Waals surface area contributed by atoms with Crippen LogP contribution in [0.4, 0.5) is 24.5 Å². The summed E-state index contributed by atoms with van der Waals surface area (Å²) in [4.78, 5) is 0. The summed E-state index contributed by atoms with van der Waals surface area (Å²) in [5.74, 6) is 0. The summed E-state index contributed by atoms with van der Waals surface area (Å²) >= 11 is 5.07. The maximum absolute atomic E-state index is 12.6. The smallest absolute Gasteiger partial charge is 0.331 e. The molecule has 2 aromatic rings. The first-order chi connectivity index (χ1) is 10.3.